The summed E-state index contributed by atoms with van der Waals surface area (Å²) < 4.78 is 0. The maximum atomic E-state index is 5.85. The Bertz CT molecular complexity index is 125. The Morgan fingerprint density at radius 3 is 2.09 bits per heavy atom. The molecule has 2 N–H and O–H groups in total. The summed E-state index contributed by atoms with van der Waals surface area (Å²) in [6.07, 6.45) is 5.88. The SMILES string of the molecule is CCCCC(CC)=C(N)CC. The molecule has 0 aromatic carbocycles. The lowest BCUT2D eigenvalue weighted by atomic mass is 10.0. The highest BCUT2D eigenvalue weighted by molar-refractivity contribution is 5.09. The van der Waals surface area contributed by atoms with Gasteiger partial charge in [0.05, 0.1) is 0 Å². The monoisotopic (exact) mass is 155 g/mol. The van der Waals surface area contributed by atoms with Gasteiger partial charge in [-0.3, -0.25) is 0 Å². The zero-order valence-corrected chi connectivity index (χ0v) is 8.11. The molecule has 0 saturated carbocycles. The minimum absolute atomic E-state index is 1.01. The lowest BCUT2D eigenvalue weighted by molar-refractivity contribution is 0.749. The van der Waals surface area contributed by atoms with Crippen LogP contribution in [0.1, 0.15) is 52.9 Å². The van der Waals surface area contributed by atoms with Gasteiger partial charge in [-0.1, -0.05) is 32.8 Å². The summed E-state index contributed by atoms with van der Waals surface area (Å²) in [5.41, 5.74) is 8.43. The van der Waals surface area contributed by atoms with Crippen molar-refractivity contribution in [3.05, 3.63) is 11.3 Å². The first-order valence-electron chi connectivity index (χ1n) is 4.72. The summed E-state index contributed by atoms with van der Waals surface area (Å²) in [4.78, 5) is 0. The first kappa shape index (κ1) is 10.5. The smallest absolute Gasteiger partial charge is 0.00695 e. The first-order chi connectivity index (χ1) is 5.26. The quantitative estimate of drug-likeness (QED) is 0.648. The van der Waals surface area contributed by atoms with Gasteiger partial charge in [0, 0.05) is 5.70 Å². The molecule has 0 rings (SSSR count). The number of nitrogens with two attached hydrogens (primary N) is 1. The highest BCUT2D eigenvalue weighted by Gasteiger charge is 1.98. The number of unbranched alkanes of at least 4 members (excludes halogenated alkanes) is 1. The average molecular weight is 155 g/mol. The molecule has 0 heterocycles. The van der Waals surface area contributed by atoms with Gasteiger partial charge in [-0.15, -0.1) is 0 Å². The lowest BCUT2D eigenvalue weighted by Crippen LogP contribution is -2.00. The van der Waals surface area contributed by atoms with Crippen molar-refractivity contribution >= 4 is 0 Å². The molecule has 0 aliphatic carbocycles. The Labute approximate surface area is 70.7 Å². The van der Waals surface area contributed by atoms with Gasteiger partial charge in [-0.25, -0.2) is 0 Å². The molecule has 0 aromatic heterocycles. The van der Waals surface area contributed by atoms with Crippen LogP contribution in [-0.4, -0.2) is 0 Å². The van der Waals surface area contributed by atoms with Crippen LogP contribution >= 0.6 is 0 Å². The molecule has 0 spiro atoms. The molecular formula is C10H21N. The second-order valence-electron chi connectivity index (χ2n) is 2.94. The molecule has 0 fully saturated rings. The normalized spacial score (nSPS) is 13.0. The lowest BCUT2D eigenvalue weighted by Gasteiger charge is -2.07. The second-order valence-corrected chi connectivity index (χ2v) is 2.94. The van der Waals surface area contributed by atoms with Crippen molar-refractivity contribution < 1.29 is 0 Å². The molecule has 1 nitrogen and oxygen atoms in total. The maximum absolute atomic E-state index is 5.85. The van der Waals surface area contributed by atoms with E-state index in [-0.39, 0.29) is 0 Å². The Balaban J connectivity index is 3.92. The third kappa shape index (κ3) is 4.07. The Hall–Kier alpha value is -0.460. The summed E-state index contributed by atoms with van der Waals surface area (Å²) >= 11 is 0. The maximum Gasteiger partial charge on any atom is 0.00695 e. The zero-order valence-electron chi connectivity index (χ0n) is 8.11. The van der Waals surface area contributed by atoms with E-state index in [4.69, 9.17) is 5.73 Å². The molecule has 0 saturated heterocycles. The van der Waals surface area contributed by atoms with E-state index in [2.05, 4.69) is 20.8 Å². The predicted molar refractivity (Wildman–Crippen MR) is 51.3 cm³/mol. The molecule has 0 aliphatic rings. The number of hydrogen-bond donors (Lipinski definition) is 1. The van der Waals surface area contributed by atoms with E-state index in [0.717, 1.165) is 18.5 Å². The largest absolute Gasteiger partial charge is 0.402 e. The van der Waals surface area contributed by atoms with Crippen LogP contribution in [0.4, 0.5) is 0 Å². The average Bonchev–Trinajstić information content (AvgIpc) is 2.05. The number of allylic oxidation sites excluding steroid dienone is 2. The van der Waals surface area contributed by atoms with E-state index in [1.54, 1.807) is 0 Å². The van der Waals surface area contributed by atoms with Gasteiger partial charge < -0.3 is 5.73 Å². The zero-order chi connectivity index (χ0) is 8.69. The van der Waals surface area contributed by atoms with Crippen molar-refractivity contribution in [2.45, 2.75) is 52.9 Å². The third-order valence-electron chi connectivity index (χ3n) is 2.09. The fourth-order valence-corrected chi connectivity index (χ4v) is 1.20. The molecule has 0 bridgehead atoms. The molecule has 66 valence electrons. The van der Waals surface area contributed by atoms with E-state index >= 15 is 0 Å². The van der Waals surface area contributed by atoms with Crippen molar-refractivity contribution in [3.8, 4) is 0 Å². The van der Waals surface area contributed by atoms with E-state index in [1.165, 1.54) is 24.8 Å². The molecule has 0 unspecified atom stereocenters. The molecule has 0 radical (unpaired) electrons. The highest BCUT2D eigenvalue weighted by Crippen LogP contribution is 2.14. The molecule has 1 heteroatoms. The van der Waals surface area contributed by atoms with Crippen molar-refractivity contribution in [2.24, 2.45) is 5.73 Å². The summed E-state index contributed by atoms with van der Waals surface area (Å²) in [5.74, 6) is 0. The minimum Gasteiger partial charge on any atom is -0.402 e. The standard InChI is InChI=1S/C10H21N/c1-4-7-8-9(5-2)10(11)6-3/h4-8,11H2,1-3H3. The van der Waals surface area contributed by atoms with Gasteiger partial charge >= 0.3 is 0 Å². The van der Waals surface area contributed by atoms with Crippen molar-refractivity contribution in [2.75, 3.05) is 0 Å². The second kappa shape index (κ2) is 6.26. The highest BCUT2D eigenvalue weighted by atomic mass is 14.6. The third-order valence-corrected chi connectivity index (χ3v) is 2.09. The van der Waals surface area contributed by atoms with Gasteiger partial charge in [0.2, 0.25) is 0 Å². The van der Waals surface area contributed by atoms with E-state index in [1.807, 2.05) is 0 Å². The van der Waals surface area contributed by atoms with Crippen molar-refractivity contribution in [1.82, 2.24) is 0 Å². The summed E-state index contributed by atoms with van der Waals surface area (Å²) in [5, 5.41) is 0. The van der Waals surface area contributed by atoms with E-state index in [0.29, 0.717) is 0 Å². The topological polar surface area (TPSA) is 26.0 Å². The van der Waals surface area contributed by atoms with Crippen molar-refractivity contribution in [3.63, 3.8) is 0 Å². The fourth-order valence-electron chi connectivity index (χ4n) is 1.20. The van der Waals surface area contributed by atoms with Crippen LogP contribution in [0.25, 0.3) is 0 Å². The van der Waals surface area contributed by atoms with Gasteiger partial charge in [0.15, 0.2) is 0 Å². The van der Waals surface area contributed by atoms with E-state index < -0.39 is 0 Å². The fraction of sp³-hybridized carbons (Fsp3) is 0.800. The molecule has 0 aromatic rings. The Morgan fingerprint density at radius 2 is 1.73 bits per heavy atom. The van der Waals surface area contributed by atoms with Crippen LogP contribution in [0.3, 0.4) is 0 Å². The van der Waals surface area contributed by atoms with Crippen molar-refractivity contribution in [1.29, 1.82) is 0 Å². The molecule has 0 amide bonds. The van der Waals surface area contributed by atoms with E-state index in [9.17, 15) is 0 Å². The number of rotatable bonds is 5. The Morgan fingerprint density at radius 1 is 1.09 bits per heavy atom. The Kier molecular flexibility index (Phi) is 6.00. The number of hydrogen-bond acceptors (Lipinski definition) is 1. The molecule has 0 aliphatic heterocycles. The van der Waals surface area contributed by atoms with Gasteiger partial charge in [0.25, 0.3) is 0 Å². The van der Waals surface area contributed by atoms with Crippen LogP contribution in [0.2, 0.25) is 0 Å². The van der Waals surface area contributed by atoms with Gasteiger partial charge in [0.1, 0.15) is 0 Å². The summed E-state index contributed by atoms with van der Waals surface area (Å²) in [7, 11) is 0. The van der Waals surface area contributed by atoms with Crippen LogP contribution in [0, 0.1) is 0 Å². The first-order valence-corrected chi connectivity index (χ1v) is 4.72. The molecular weight excluding hydrogens is 134 g/mol. The van der Waals surface area contributed by atoms with Crippen LogP contribution in [0.15, 0.2) is 11.3 Å². The van der Waals surface area contributed by atoms with Gasteiger partial charge in [-0.05, 0) is 25.7 Å². The molecule has 0 atom stereocenters. The summed E-state index contributed by atoms with van der Waals surface area (Å²) in [6, 6.07) is 0. The minimum atomic E-state index is 1.01. The van der Waals surface area contributed by atoms with Crippen LogP contribution in [0.5, 0.6) is 0 Å². The predicted octanol–water partition coefficient (Wildman–Crippen LogP) is 3.21. The summed E-state index contributed by atoms with van der Waals surface area (Å²) in [6.45, 7) is 6.53. The van der Waals surface area contributed by atoms with Crippen LogP contribution < -0.4 is 5.73 Å². The molecule has 11 heavy (non-hydrogen) atoms. The van der Waals surface area contributed by atoms with Gasteiger partial charge in [-0.2, -0.15) is 0 Å². The van der Waals surface area contributed by atoms with Crippen LogP contribution in [-0.2, 0) is 0 Å².